The molecular formula is C15H15N5O. The molecule has 21 heavy (non-hydrogen) atoms. The van der Waals surface area contributed by atoms with E-state index >= 15 is 0 Å². The minimum absolute atomic E-state index is 0.140. The van der Waals surface area contributed by atoms with E-state index in [1.807, 2.05) is 43.5 Å². The number of aromatic nitrogens is 4. The molecule has 0 aliphatic carbocycles. The summed E-state index contributed by atoms with van der Waals surface area (Å²) in [6, 6.07) is 9.69. The molecule has 0 radical (unpaired) electrons. The van der Waals surface area contributed by atoms with E-state index in [-0.39, 0.29) is 11.9 Å². The lowest BCUT2D eigenvalue weighted by Gasteiger charge is -2.10. The summed E-state index contributed by atoms with van der Waals surface area (Å²) >= 11 is 0. The van der Waals surface area contributed by atoms with Crippen LogP contribution in [0.15, 0.2) is 55.2 Å². The van der Waals surface area contributed by atoms with E-state index in [0.29, 0.717) is 5.69 Å². The summed E-state index contributed by atoms with van der Waals surface area (Å²) in [6.45, 7) is 1.92. The zero-order valence-corrected chi connectivity index (χ0v) is 11.5. The second-order valence-corrected chi connectivity index (χ2v) is 4.71. The molecule has 1 amide bonds. The first-order chi connectivity index (χ1) is 10.2. The standard InChI is InChI=1S/C15H15N5O/c1-11(19-15(21)14-8-16-10-17-14)12-7-18-20(9-12)13-5-3-2-4-6-13/h2-11H,1H3,(H,16,17)(H,19,21)/t11-/m1/s1. The van der Waals surface area contributed by atoms with Gasteiger partial charge >= 0.3 is 0 Å². The fourth-order valence-corrected chi connectivity index (χ4v) is 2.02. The first-order valence-corrected chi connectivity index (χ1v) is 6.63. The summed E-state index contributed by atoms with van der Waals surface area (Å²) in [6.07, 6.45) is 6.64. The minimum atomic E-state index is -0.188. The van der Waals surface area contributed by atoms with E-state index in [0.717, 1.165) is 11.3 Å². The van der Waals surface area contributed by atoms with Gasteiger partial charge in [0.15, 0.2) is 0 Å². The summed E-state index contributed by atoms with van der Waals surface area (Å²) in [5, 5.41) is 7.22. The molecule has 2 N–H and O–H groups in total. The lowest BCUT2D eigenvalue weighted by Crippen LogP contribution is -2.26. The van der Waals surface area contributed by atoms with Crippen LogP contribution in [0.3, 0.4) is 0 Å². The van der Waals surface area contributed by atoms with E-state index in [1.165, 1.54) is 12.5 Å². The number of carbonyl (C=O) groups excluding carboxylic acids is 1. The number of imidazole rings is 1. The van der Waals surface area contributed by atoms with E-state index in [4.69, 9.17) is 0 Å². The Morgan fingerprint density at radius 1 is 1.29 bits per heavy atom. The van der Waals surface area contributed by atoms with Crippen molar-refractivity contribution in [1.29, 1.82) is 0 Å². The van der Waals surface area contributed by atoms with Crippen LogP contribution < -0.4 is 5.32 Å². The zero-order valence-electron chi connectivity index (χ0n) is 11.5. The Morgan fingerprint density at radius 2 is 2.10 bits per heavy atom. The molecule has 0 aliphatic heterocycles. The maximum atomic E-state index is 12.0. The number of hydrogen-bond acceptors (Lipinski definition) is 3. The van der Waals surface area contributed by atoms with Crippen LogP contribution in [0.2, 0.25) is 0 Å². The average molecular weight is 281 g/mol. The molecule has 2 aromatic heterocycles. The van der Waals surface area contributed by atoms with Gasteiger partial charge in [0.25, 0.3) is 5.91 Å². The Labute approximate surface area is 121 Å². The highest BCUT2D eigenvalue weighted by molar-refractivity contribution is 5.92. The monoisotopic (exact) mass is 281 g/mol. The van der Waals surface area contributed by atoms with Crippen LogP contribution in [0.1, 0.15) is 29.0 Å². The number of H-pyrrole nitrogens is 1. The maximum Gasteiger partial charge on any atom is 0.269 e. The molecule has 3 aromatic rings. The van der Waals surface area contributed by atoms with Gasteiger partial charge in [0.2, 0.25) is 0 Å². The molecule has 1 aromatic carbocycles. The molecule has 0 saturated carbocycles. The third-order valence-electron chi connectivity index (χ3n) is 3.21. The minimum Gasteiger partial charge on any atom is -0.344 e. The third-order valence-corrected chi connectivity index (χ3v) is 3.21. The summed E-state index contributed by atoms with van der Waals surface area (Å²) in [5.41, 5.74) is 2.36. The Balaban J connectivity index is 1.73. The van der Waals surface area contributed by atoms with Crippen LogP contribution in [-0.4, -0.2) is 25.7 Å². The van der Waals surface area contributed by atoms with Gasteiger partial charge in [-0.1, -0.05) is 18.2 Å². The Morgan fingerprint density at radius 3 is 2.81 bits per heavy atom. The number of rotatable bonds is 4. The number of para-hydroxylation sites is 1. The number of nitrogens with zero attached hydrogens (tertiary/aromatic N) is 3. The number of nitrogens with one attached hydrogen (secondary N) is 2. The van der Waals surface area contributed by atoms with E-state index in [9.17, 15) is 4.79 Å². The summed E-state index contributed by atoms with van der Waals surface area (Å²) in [5.74, 6) is -0.188. The van der Waals surface area contributed by atoms with Crippen molar-refractivity contribution in [1.82, 2.24) is 25.1 Å². The summed E-state index contributed by atoms with van der Waals surface area (Å²) < 4.78 is 1.79. The zero-order chi connectivity index (χ0) is 14.7. The van der Waals surface area contributed by atoms with Crippen LogP contribution in [0.4, 0.5) is 0 Å². The van der Waals surface area contributed by atoms with Crippen LogP contribution >= 0.6 is 0 Å². The number of aromatic amines is 1. The molecule has 6 nitrogen and oxygen atoms in total. The van der Waals surface area contributed by atoms with E-state index < -0.39 is 0 Å². The van der Waals surface area contributed by atoms with Crippen molar-refractivity contribution < 1.29 is 4.79 Å². The smallest absolute Gasteiger partial charge is 0.269 e. The average Bonchev–Trinajstić information content (AvgIpc) is 3.20. The highest BCUT2D eigenvalue weighted by Gasteiger charge is 2.14. The molecule has 6 heteroatoms. The van der Waals surface area contributed by atoms with Crippen LogP contribution in [0.25, 0.3) is 5.69 Å². The van der Waals surface area contributed by atoms with Gasteiger partial charge in [-0.05, 0) is 19.1 Å². The second kappa shape index (κ2) is 5.62. The molecule has 0 aliphatic rings. The first-order valence-electron chi connectivity index (χ1n) is 6.63. The van der Waals surface area contributed by atoms with Gasteiger partial charge in [0, 0.05) is 11.8 Å². The fraction of sp³-hybridized carbons (Fsp3) is 0.133. The number of hydrogen-bond donors (Lipinski definition) is 2. The first kappa shape index (κ1) is 13.1. The highest BCUT2D eigenvalue weighted by atomic mass is 16.1. The summed E-state index contributed by atoms with van der Waals surface area (Å²) in [4.78, 5) is 18.6. The predicted octanol–water partition coefficient (Wildman–Crippen LogP) is 2.09. The van der Waals surface area contributed by atoms with Gasteiger partial charge in [-0.2, -0.15) is 5.10 Å². The highest BCUT2D eigenvalue weighted by Crippen LogP contribution is 2.14. The van der Waals surface area contributed by atoms with Gasteiger partial charge < -0.3 is 10.3 Å². The van der Waals surface area contributed by atoms with Crippen molar-refractivity contribution in [3.8, 4) is 5.69 Å². The van der Waals surface area contributed by atoms with Crippen LogP contribution in [-0.2, 0) is 0 Å². The van der Waals surface area contributed by atoms with Gasteiger partial charge in [0.05, 0.1) is 30.5 Å². The molecule has 1 atom stereocenters. The Kier molecular flexibility index (Phi) is 3.51. The molecule has 0 bridgehead atoms. The molecule has 0 spiro atoms. The quantitative estimate of drug-likeness (QED) is 0.769. The topological polar surface area (TPSA) is 75.6 Å². The van der Waals surface area contributed by atoms with E-state index in [1.54, 1.807) is 10.9 Å². The fourth-order valence-electron chi connectivity index (χ4n) is 2.02. The van der Waals surface area contributed by atoms with Crippen molar-refractivity contribution >= 4 is 5.91 Å². The molecule has 0 saturated heterocycles. The normalized spacial score (nSPS) is 12.0. The van der Waals surface area contributed by atoms with Crippen molar-refractivity contribution in [3.05, 3.63) is 66.5 Å². The molecular weight excluding hydrogens is 266 g/mol. The Bertz CT molecular complexity index is 718. The molecule has 0 fully saturated rings. The van der Waals surface area contributed by atoms with Crippen LogP contribution in [0, 0.1) is 0 Å². The molecule has 3 rings (SSSR count). The SMILES string of the molecule is C[C@@H](NC(=O)c1cnc[nH]1)c1cnn(-c2ccccc2)c1. The second-order valence-electron chi connectivity index (χ2n) is 4.71. The lowest BCUT2D eigenvalue weighted by molar-refractivity contribution is 0.0935. The number of amides is 1. The van der Waals surface area contributed by atoms with E-state index in [2.05, 4.69) is 20.4 Å². The lowest BCUT2D eigenvalue weighted by atomic mass is 10.2. The predicted molar refractivity (Wildman–Crippen MR) is 78.0 cm³/mol. The molecule has 0 unspecified atom stereocenters. The van der Waals surface area contributed by atoms with Crippen molar-refractivity contribution in [2.75, 3.05) is 0 Å². The number of carbonyl (C=O) groups is 1. The van der Waals surface area contributed by atoms with Gasteiger partial charge in [-0.25, -0.2) is 9.67 Å². The molecule has 2 heterocycles. The van der Waals surface area contributed by atoms with Gasteiger partial charge in [-0.15, -0.1) is 0 Å². The molecule has 106 valence electrons. The van der Waals surface area contributed by atoms with Gasteiger partial charge in [-0.3, -0.25) is 4.79 Å². The van der Waals surface area contributed by atoms with Crippen molar-refractivity contribution in [3.63, 3.8) is 0 Å². The van der Waals surface area contributed by atoms with Gasteiger partial charge in [0.1, 0.15) is 5.69 Å². The Hall–Kier alpha value is -2.89. The maximum absolute atomic E-state index is 12.0. The summed E-state index contributed by atoms with van der Waals surface area (Å²) in [7, 11) is 0. The number of benzene rings is 1. The largest absolute Gasteiger partial charge is 0.344 e. The van der Waals surface area contributed by atoms with Crippen molar-refractivity contribution in [2.45, 2.75) is 13.0 Å². The van der Waals surface area contributed by atoms with Crippen molar-refractivity contribution in [2.24, 2.45) is 0 Å². The van der Waals surface area contributed by atoms with Crippen LogP contribution in [0.5, 0.6) is 0 Å². The third kappa shape index (κ3) is 2.84.